The third-order valence-electron chi connectivity index (χ3n) is 4.41. The third kappa shape index (κ3) is 5.20. The average Bonchev–Trinajstić information content (AvgIpc) is 2.54. The molecule has 0 saturated carbocycles. The Kier molecular flexibility index (Phi) is 6.39. The first-order chi connectivity index (χ1) is 11.0. The lowest BCUT2D eigenvalue weighted by molar-refractivity contribution is -0.126. The molecule has 1 atom stereocenters. The van der Waals surface area contributed by atoms with E-state index in [9.17, 15) is 9.90 Å². The smallest absolute Gasteiger partial charge is 0.223 e. The summed E-state index contributed by atoms with van der Waals surface area (Å²) in [7, 11) is 0. The molecule has 0 spiro atoms. The van der Waals surface area contributed by atoms with E-state index >= 15 is 0 Å². The average molecular weight is 319 g/mol. The number of rotatable bonds is 6. The van der Waals surface area contributed by atoms with E-state index in [4.69, 9.17) is 0 Å². The molecule has 2 N–H and O–H groups in total. The van der Waals surface area contributed by atoms with Crippen molar-refractivity contribution >= 4 is 11.7 Å². The topological polar surface area (TPSA) is 65.5 Å². The maximum Gasteiger partial charge on any atom is 0.223 e. The van der Waals surface area contributed by atoms with Crippen LogP contribution < -0.4 is 10.2 Å². The van der Waals surface area contributed by atoms with Gasteiger partial charge in [0.2, 0.25) is 5.91 Å². The van der Waals surface area contributed by atoms with Gasteiger partial charge >= 0.3 is 0 Å². The first-order valence-electron chi connectivity index (χ1n) is 8.58. The molecule has 0 bridgehead atoms. The Labute approximate surface area is 139 Å². The predicted octanol–water partition coefficient (Wildman–Crippen LogP) is 2.13. The minimum Gasteiger partial charge on any atom is -0.394 e. The second kappa shape index (κ2) is 8.29. The van der Waals surface area contributed by atoms with E-state index in [1.165, 1.54) is 0 Å². The van der Waals surface area contributed by atoms with Gasteiger partial charge in [-0.25, -0.2) is 4.98 Å². The van der Waals surface area contributed by atoms with E-state index in [1.54, 1.807) is 0 Å². The highest BCUT2D eigenvalue weighted by atomic mass is 16.3. The minimum atomic E-state index is -0.126. The quantitative estimate of drug-likeness (QED) is 0.843. The van der Waals surface area contributed by atoms with Crippen molar-refractivity contribution in [3.63, 3.8) is 0 Å². The highest BCUT2D eigenvalue weighted by Crippen LogP contribution is 2.22. The van der Waals surface area contributed by atoms with Crippen molar-refractivity contribution in [1.29, 1.82) is 0 Å². The molecule has 1 unspecified atom stereocenters. The van der Waals surface area contributed by atoms with Gasteiger partial charge in [0, 0.05) is 25.2 Å². The SMILES string of the molecule is Cc1ccc(N2CCC(C(=O)NC(CO)CC(C)C)CC2)nc1. The molecular formula is C18H29N3O2. The van der Waals surface area contributed by atoms with Crippen molar-refractivity contribution in [3.8, 4) is 0 Å². The van der Waals surface area contributed by atoms with E-state index in [1.807, 2.05) is 19.2 Å². The fourth-order valence-electron chi connectivity index (χ4n) is 3.09. The normalized spacial score (nSPS) is 17.3. The summed E-state index contributed by atoms with van der Waals surface area (Å²) in [6.45, 7) is 7.94. The second-order valence-corrected chi connectivity index (χ2v) is 6.97. The first kappa shape index (κ1) is 17.7. The summed E-state index contributed by atoms with van der Waals surface area (Å²) in [5, 5.41) is 12.4. The molecule has 2 rings (SSSR count). The van der Waals surface area contributed by atoms with Gasteiger partial charge in [-0.1, -0.05) is 19.9 Å². The Bertz CT molecular complexity index is 493. The van der Waals surface area contributed by atoms with Gasteiger partial charge in [-0.3, -0.25) is 4.79 Å². The predicted molar refractivity (Wildman–Crippen MR) is 92.4 cm³/mol. The third-order valence-corrected chi connectivity index (χ3v) is 4.41. The standard InChI is InChI=1S/C18H29N3O2/c1-13(2)10-16(12-22)20-18(23)15-6-8-21(9-7-15)17-5-4-14(3)11-19-17/h4-5,11,13,15-16,22H,6-10,12H2,1-3H3,(H,20,23). The summed E-state index contributed by atoms with van der Waals surface area (Å²) in [5.41, 5.74) is 1.16. The van der Waals surface area contributed by atoms with Crippen molar-refractivity contribution in [3.05, 3.63) is 23.9 Å². The van der Waals surface area contributed by atoms with Crippen molar-refractivity contribution in [2.45, 2.75) is 46.1 Å². The van der Waals surface area contributed by atoms with Crippen LogP contribution in [0.25, 0.3) is 0 Å². The van der Waals surface area contributed by atoms with E-state index in [2.05, 4.69) is 35.1 Å². The Morgan fingerprint density at radius 3 is 2.61 bits per heavy atom. The lowest BCUT2D eigenvalue weighted by Gasteiger charge is -2.33. The zero-order valence-electron chi connectivity index (χ0n) is 14.5. The van der Waals surface area contributed by atoms with Gasteiger partial charge in [0.25, 0.3) is 0 Å². The van der Waals surface area contributed by atoms with Gasteiger partial charge in [-0.05, 0) is 43.7 Å². The summed E-state index contributed by atoms with van der Waals surface area (Å²) in [4.78, 5) is 19.1. The molecule has 0 radical (unpaired) electrons. The molecule has 128 valence electrons. The summed E-state index contributed by atoms with van der Waals surface area (Å²) < 4.78 is 0. The summed E-state index contributed by atoms with van der Waals surface area (Å²) in [6, 6.07) is 3.98. The zero-order chi connectivity index (χ0) is 16.8. The number of pyridine rings is 1. The van der Waals surface area contributed by atoms with Gasteiger partial charge in [-0.2, -0.15) is 0 Å². The molecule has 5 nitrogen and oxygen atoms in total. The second-order valence-electron chi connectivity index (χ2n) is 6.97. The van der Waals surface area contributed by atoms with E-state index < -0.39 is 0 Å². The number of hydrogen-bond donors (Lipinski definition) is 2. The van der Waals surface area contributed by atoms with Gasteiger partial charge in [-0.15, -0.1) is 0 Å². The Morgan fingerprint density at radius 1 is 1.39 bits per heavy atom. The van der Waals surface area contributed by atoms with Gasteiger partial charge in [0.05, 0.1) is 12.6 Å². The molecule has 1 fully saturated rings. The van der Waals surface area contributed by atoms with Crippen LogP contribution in [0.5, 0.6) is 0 Å². The Balaban J connectivity index is 1.83. The van der Waals surface area contributed by atoms with E-state index in [-0.39, 0.29) is 24.5 Å². The number of aryl methyl sites for hydroxylation is 1. The number of amides is 1. The highest BCUT2D eigenvalue weighted by molar-refractivity contribution is 5.79. The number of hydrogen-bond acceptors (Lipinski definition) is 4. The van der Waals surface area contributed by atoms with Crippen LogP contribution in [-0.2, 0) is 4.79 Å². The molecule has 1 amide bonds. The molecule has 5 heteroatoms. The Hall–Kier alpha value is -1.62. The number of aliphatic hydroxyl groups excluding tert-OH is 1. The molecule has 0 aliphatic carbocycles. The number of anilines is 1. The largest absolute Gasteiger partial charge is 0.394 e. The molecule has 23 heavy (non-hydrogen) atoms. The van der Waals surface area contributed by atoms with Crippen molar-refractivity contribution in [2.75, 3.05) is 24.6 Å². The first-order valence-corrected chi connectivity index (χ1v) is 8.58. The van der Waals surface area contributed by atoms with E-state index in [0.717, 1.165) is 43.7 Å². The molecular weight excluding hydrogens is 290 g/mol. The zero-order valence-corrected chi connectivity index (χ0v) is 14.5. The molecule has 0 aromatic carbocycles. The summed E-state index contributed by atoms with van der Waals surface area (Å²) in [6.07, 6.45) is 4.36. The number of aromatic nitrogens is 1. The fraction of sp³-hybridized carbons (Fsp3) is 0.667. The lowest BCUT2D eigenvalue weighted by Crippen LogP contribution is -2.45. The van der Waals surface area contributed by atoms with Gasteiger partial charge in [0.1, 0.15) is 5.82 Å². The maximum atomic E-state index is 12.4. The van der Waals surface area contributed by atoms with Gasteiger partial charge < -0.3 is 15.3 Å². The fourth-order valence-corrected chi connectivity index (χ4v) is 3.09. The highest BCUT2D eigenvalue weighted by Gasteiger charge is 2.27. The van der Waals surface area contributed by atoms with Crippen LogP contribution in [0.15, 0.2) is 18.3 Å². The number of piperidine rings is 1. The molecule has 1 aliphatic rings. The number of aliphatic hydroxyl groups is 1. The lowest BCUT2D eigenvalue weighted by atomic mass is 9.95. The Morgan fingerprint density at radius 2 is 2.09 bits per heavy atom. The summed E-state index contributed by atoms with van der Waals surface area (Å²) in [5.74, 6) is 1.57. The molecule has 1 aliphatic heterocycles. The van der Waals surface area contributed by atoms with Crippen LogP contribution in [-0.4, -0.2) is 41.7 Å². The van der Waals surface area contributed by atoms with Gasteiger partial charge in [0.15, 0.2) is 0 Å². The summed E-state index contributed by atoms with van der Waals surface area (Å²) >= 11 is 0. The van der Waals surface area contributed by atoms with Crippen LogP contribution in [0.3, 0.4) is 0 Å². The van der Waals surface area contributed by atoms with Crippen LogP contribution in [0.4, 0.5) is 5.82 Å². The van der Waals surface area contributed by atoms with Crippen molar-refractivity contribution < 1.29 is 9.90 Å². The van der Waals surface area contributed by atoms with Crippen LogP contribution >= 0.6 is 0 Å². The van der Waals surface area contributed by atoms with Crippen molar-refractivity contribution in [2.24, 2.45) is 11.8 Å². The van der Waals surface area contributed by atoms with Crippen LogP contribution in [0.1, 0.15) is 38.7 Å². The number of carbonyl (C=O) groups excluding carboxylic acids is 1. The molecule has 2 heterocycles. The van der Waals surface area contributed by atoms with Crippen LogP contribution in [0, 0.1) is 18.8 Å². The van der Waals surface area contributed by atoms with Crippen molar-refractivity contribution in [1.82, 2.24) is 10.3 Å². The van der Waals surface area contributed by atoms with Crippen LogP contribution in [0.2, 0.25) is 0 Å². The molecule has 1 aromatic heterocycles. The van der Waals surface area contributed by atoms with E-state index in [0.29, 0.717) is 5.92 Å². The minimum absolute atomic E-state index is 0.00997. The number of nitrogens with zero attached hydrogens (tertiary/aromatic N) is 2. The maximum absolute atomic E-state index is 12.4. The number of carbonyl (C=O) groups is 1. The number of nitrogens with one attached hydrogen (secondary N) is 1. The molecule has 1 saturated heterocycles. The molecule has 1 aromatic rings. The monoisotopic (exact) mass is 319 g/mol.